The summed E-state index contributed by atoms with van der Waals surface area (Å²) < 4.78 is 36.8. The number of rotatable bonds is 2. The van der Waals surface area contributed by atoms with E-state index in [9.17, 15) is 18.0 Å². The standard InChI is InChI=1S/C9H7ClF3NO/c1-2-6(15)5-3-7(9(11,12)13)14-8(10)4-5/h3-4H,2H2,1H3. The molecule has 0 aliphatic heterocycles. The Labute approximate surface area is 89.1 Å². The van der Waals surface area contributed by atoms with Crippen molar-refractivity contribution in [1.29, 1.82) is 0 Å². The highest BCUT2D eigenvalue weighted by molar-refractivity contribution is 6.29. The first-order chi connectivity index (χ1) is 6.84. The molecule has 0 spiro atoms. The smallest absolute Gasteiger partial charge is 0.294 e. The van der Waals surface area contributed by atoms with E-state index in [2.05, 4.69) is 4.98 Å². The fraction of sp³-hybridized carbons (Fsp3) is 0.333. The van der Waals surface area contributed by atoms with E-state index in [-0.39, 0.29) is 17.1 Å². The van der Waals surface area contributed by atoms with E-state index >= 15 is 0 Å². The first-order valence-electron chi connectivity index (χ1n) is 4.12. The molecule has 1 rings (SSSR count). The molecule has 0 aliphatic rings. The van der Waals surface area contributed by atoms with E-state index < -0.39 is 17.7 Å². The third-order valence-corrected chi connectivity index (χ3v) is 1.92. The number of aromatic nitrogens is 1. The summed E-state index contributed by atoms with van der Waals surface area (Å²) in [6, 6.07) is 1.83. The zero-order chi connectivity index (χ0) is 11.6. The van der Waals surface area contributed by atoms with Crippen molar-refractivity contribution in [3.63, 3.8) is 0 Å². The van der Waals surface area contributed by atoms with Crippen LogP contribution in [0.1, 0.15) is 29.4 Å². The number of halogens is 4. The van der Waals surface area contributed by atoms with E-state index in [1.807, 2.05) is 0 Å². The van der Waals surface area contributed by atoms with E-state index in [1.165, 1.54) is 0 Å². The number of Topliss-reactive ketones (excluding diaryl/α,β-unsaturated/α-hetero) is 1. The first-order valence-corrected chi connectivity index (χ1v) is 4.50. The molecule has 1 heterocycles. The van der Waals surface area contributed by atoms with Crippen LogP contribution in [0.15, 0.2) is 12.1 Å². The monoisotopic (exact) mass is 237 g/mol. The minimum absolute atomic E-state index is 0.0650. The molecule has 82 valence electrons. The molecule has 6 heteroatoms. The van der Waals surface area contributed by atoms with Crippen LogP contribution in [0, 0.1) is 0 Å². The maximum absolute atomic E-state index is 12.3. The lowest BCUT2D eigenvalue weighted by Crippen LogP contribution is -2.10. The normalized spacial score (nSPS) is 11.5. The molecule has 0 amide bonds. The second-order valence-electron chi connectivity index (χ2n) is 2.84. The third kappa shape index (κ3) is 2.92. The van der Waals surface area contributed by atoms with Crippen molar-refractivity contribution in [2.24, 2.45) is 0 Å². The van der Waals surface area contributed by atoms with E-state index in [4.69, 9.17) is 11.6 Å². The lowest BCUT2D eigenvalue weighted by molar-refractivity contribution is -0.141. The van der Waals surface area contributed by atoms with E-state index in [1.54, 1.807) is 6.92 Å². The summed E-state index contributed by atoms with van der Waals surface area (Å²) in [6.45, 7) is 1.56. The van der Waals surface area contributed by atoms with E-state index in [0.717, 1.165) is 6.07 Å². The molecular weight excluding hydrogens is 231 g/mol. The van der Waals surface area contributed by atoms with Crippen LogP contribution in [-0.2, 0) is 6.18 Å². The molecule has 0 saturated carbocycles. The van der Waals surface area contributed by atoms with Gasteiger partial charge in [-0.15, -0.1) is 0 Å². The van der Waals surface area contributed by atoms with Crippen molar-refractivity contribution in [3.8, 4) is 0 Å². The Bertz CT molecular complexity index is 389. The largest absolute Gasteiger partial charge is 0.433 e. The molecule has 2 nitrogen and oxygen atoms in total. The zero-order valence-corrected chi connectivity index (χ0v) is 8.49. The lowest BCUT2D eigenvalue weighted by atomic mass is 10.1. The number of nitrogens with zero attached hydrogens (tertiary/aromatic N) is 1. The molecule has 0 unspecified atom stereocenters. The van der Waals surface area contributed by atoms with Gasteiger partial charge in [0, 0.05) is 12.0 Å². The second-order valence-corrected chi connectivity index (χ2v) is 3.23. The van der Waals surface area contributed by atoms with Gasteiger partial charge in [-0.3, -0.25) is 4.79 Å². The number of pyridine rings is 1. The summed E-state index contributed by atoms with van der Waals surface area (Å²) in [6.07, 6.45) is -4.47. The summed E-state index contributed by atoms with van der Waals surface area (Å²) in [5, 5.41) is -0.332. The summed E-state index contributed by atoms with van der Waals surface area (Å²) >= 11 is 5.39. The van der Waals surface area contributed by atoms with Crippen molar-refractivity contribution in [2.45, 2.75) is 19.5 Å². The average molecular weight is 238 g/mol. The van der Waals surface area contributed by atoms with Gasteiger partial charge in [0.15, 0.2) is 5.78 Å². The van der Waals surface area contributed by atoms with Crippen molar-refractivity contribution in [1.82, 2.24) is 4.98 Å². The molecular formula is C9H7ClF3NO. The average Bonchev–Trinajstić information content (AvgIpc) is 2.14. The Hall–Kier alpha value is -1.10. The first kappa shape index (κ1) is 12.0. The number of hydrogen-bond acceptors (Lipinski definition) is 2. The van der Waals surface area contributed by atoms with Crippen LogP contribution in [0.5, 0.6) is 0 Å². The fourth-order valence-corrected chi connectivity index (χ4v) is 1.22. The van der Waals surface area contributed by atoms with Crippen molar-refractivity contribution >= 4 is 17.4 Å². The van der Waals surface area contributed by atoms with Crippen molar-refractivity contribution < 1.29 is 18.0 Å². The van der Waals surface area contributed by atoms with Crippen LogP contribution in [-0.4, -0.2) is 10.8 Å². The minimum atomic E-state index is -4.59. The van der Waals surface area contributed by atoms with Crippen LogP contribution in [0.3, 0.4) is 0 Å². The van der Waals surface area contributed by atoms with Gasteiger partial charge >= 0.3 is 6.18 Å². The van der Waals surface area contributed by atoms with Gasteiger partial charge in [0.1, 0.15) is 10.8 Å². The Balaban J connectivity index is 3.23. The molecule has 0 atom stereocenters. The van der Waals surface area contributed by atoms with Crippen LogP contribution in [0.4, 0.5) is 13.2 Å². The molecule has 0 aliphatic carbocycles. The quantitative estimate of drug-likeness (QED) is 0.583. The molecule has 0 aromatic carbocycles. The maximum Gasteiger partial charge on any atom is 0.433 e. The molecule has 0 bridgehead atoms. The van der Waals surface area contributed by atoms with Crippen LogP contribution >= 0.6 is 11.6 Å². The van der Waals surface area contributed by atoms with Gasteiger partial charge in [-0.2, -0.15) is 13.2 Å². The predicted molar refractivity (Wildman–Crippen MR) is 48.9 cm³/mol. The number of carbonyl (C=O) groups is 1. The fourth-order valence-electron chi connectivity index (χ4n) is 1.01. The minimum Gasteiger partial charge on any atom is -0.294 e. The molecule has 1 aromatic rings. The highest BCUT2D eigenvalue weighted by Gasteiger charge is 2.33. The summed E-state index contributed by atoms with van der Waals surface area (Å²) in [5.41, 5.74) is -1.21. The van der Waals surface area contributed by atoms with Crippen LogP contribution < -0.4 is 0 Å². The van der Waals surface area contributed by atoms with Gasteiger partial charge in [0.05, 0.1) is 0 Å². The highest BCUT2D eigenvalue weighted by atomic mass is 35.5. The zero-order valence-electron chi connectivity index (χ0n) is 7.73. The molecule has 0 saturated heterocycles. The SMILES string of the molecule is CCC(=O)c1cc(Cl)nc(C(F)(F)F)c1. The van der Waals surface area contributed by atoms with Crippen LogP contribution in [0.2, 0.25) is 5.15 Å². The molecule has 0 N–H and O–H groups in total. The van der Waals surface area contributed by atoms with Gasteiger partial charge in [0.2, 0.25) is 0 Å². The topological polar surface area (TPSA) is 30.0 Å². The second kappa shape index (κ2) is 4.18. The highest BCUT2D eigenvalue weighted by Crippen LogP contribution is 2.29. The third-order valence-electron chi connectivity index (χ3n) is 1.73. The molecule has 15 heavy (non-hydrogen) atoms. The predicted octanol–water partition coefficient (Wildman–Crippen LogP) is 3.35. The Kier molecular flexibility index (Phi) is 3.34. The summed E-state index contributed by atoms with van der Waals surface area (Å²) in [4.78, 5) is 14.3. The number of ketones is 1. The molecule has 0 radical (unpaired) electrons. The lowest BCUT2D eigenvalue weighted by Gasteiger charge is -2.07. The van der Waals surface area contributed by atoms with E-state index in [0.29, 0.717) is 6.07 Å². The van der Waals surface area contributed by atoms with Crippen LogP contribution in [0.25, 0.3) is 0 Å². The Morgan fingerprint density at radius 1 is 1.47 bits per heavy atom. The van der Waals surface area contributed by atoms with Crippen molar-refractivity contribution in [3.05, 3.63) is 28.5 Å². The van der Waals surface area contributed by atoms with Crippen molar-refractivity contribution in [2.75, 3.05) is 0 Å². The van der Waals surface area contributed by atoms with Gasteiger partial charge in [-0.25, -0.2) is 4.98 Å². The molecule has 0 fully saturated rings. The molecule has 1 aromatic heterocycles. The number of alkyl halides is 3. The summed E-state index contributed by atoms with van der Waals surface area (Å²) in [7, 11) is 0. The van der Waals surface area contributed by atoms with Gasteiger partial charge in [-0.05, 0) is 12.1 Å². The number of carbonyl (C=O) groups excluding carboxylic acids is 1. The maximum atomic E-state index is 12.3. The Morgan fingerprint density at radius 2 is 2.07 bits per heavy atom. The number of hydrogen-bond donors (Lipinski definition) is 0. The van der Waals surface area contributed by atoms with Gasteiger partial charge in [-0.1, -0.05) is 18.5 Å². The van der Waals surface area contributed by atoms with Gasteiger partial charge in [0.25, 0.3) is 0 Å². The van der Waals surface area contributed by atoms with Gasteiger partial charge < -0.3 is 0 Å². The Morgan fingerprint density at radius 3 is 2.53 bits per heavy atom. The summed E-state index contributed by atoms with van der Waals surface area (Å²) in [5.74, 6) is -0.398.